The molecule has 0 radical (unpaired) electrons. The summed E-state index contributed by atoms with van der Waals surface area (Å²) in [6.07, 6.45) is 7.40. The van der Waals surface area contributed by atoms with Crippen molar-refractivity contribution in [2.45, 2.75) is 44.5 Å². The maximum absolute atomic E-state index is 14.9. The summed E-state index contributed by atoms with van der Waals surface area (Å²) in [6.45, 7) is 5.37. The molecule has 0 heterocycles. The Morgan fingerprint density at radius 3 is 2.08 bits per heavy atom. The second kappa shape index (κ2) is 11.1. The zero-order chi connectivity index (χ0) is 26.5. The summed E-state index contributed by atoms with van der Waals surface area (Å²) in [6, 6.07) is 9.61. The van der Waals surface area contributed by atoms with Crippen molar-refractivity contribution in [2.24, 2.45) is 0 Å². The second-order valence-corrected chi connectivity index (χ2v) is 8.38. The smallest absolute Gasteiger partial charge is 0.207 e. The van der Waals surface area contributed by atoms with Gasteiger partial charge in [-0.1, -0.05) is 60.7 Å². The molecule has 190 valence electrons. The summed E-state index contributed by atoms with van der Waals surface area (Å²) < 4.78 is 103. The third-order valence-corrected chi connectivity index (χ3v) is 5.95. The lowest BCUT2D eigenvalue weighted by molar-refractivity contribution is -0.225. The number of halogens is 7. The van der Waals surface area contributed by atoms with E-state index in [9.17, 15) is 30.7 Å². The van der Waals surface area contributed by atoms with Gasteiger partial charge in [0.2, 0.25) is 0 Å². The maximum atomic E-state index is 14.9. The van der Waals surface area contributed by atoms with E-state index < -0.39 is 40.4 Å². The molecule has 0 spiro atoms. The van der Waals surface area contributed by atoms with Gasteiger partial charge in [-0.3, -0.25) is 0 Å². The van der Waals surface area contributed by atoms with E-state index in [-0.39, 0.29) is 23.1 Å². The Balaban J connectivity index is 1.93. The maximum Gasteiger partial charge on any atom is 0.342 e. The molecule has 0 aliphatic rings. The van der Waals surface area contributed by atoms with E-state index in [1.807, 2.05) is 19.1 Å². The van der Waals surface area contributed by atoms with E-state index in [4.69, 9.17) is 0 Å². The van der Waals surface area contributed by atoms with Crippen LogP contribution in [0.25, 0.3) is 11.1 Å². The molecule has 0 aliphatic carbocycles. The van der Waals surface area contributed by atoms with E-state index in [1.54, 1.807) is 12.1 Å². The molecule has 0 amide bonds. The molecule has 0 nitrogen and oxygen atoms in total. The monoisotopic (exact) mass is 506 g/mol. The van der Waals surface area contributed by atoms with Crippen LogP contribution in [0, 0.1) is 17.5 Å². The van der Waals surface area contributed by atoms with Gasteiger partial charge in [-0.2, -0.15) is 17.6 Å². The zero-order valence-electron chi connectivity index (χ0n) is 19.6. The van der Waals surface area contributed by atoms with Crippen LogP contribution in [-0.4, -0.2) is 0 Å². The number of benzene rings is 3. The number of hydrogen-bond donors (Lipinski definition) is 0. The van der Waals surface area contributed by atoms with Crippen molar-refractivity contribution in [1.29, 1.82) is 0 Å². The second-order valence-electron chi connectivity index (χ2n) is 8.38. The lowest BCUT2D eigenvalue weighted by Gasteiger charge is -2.28. The van der Waals surface area contributed by atoms with Gasteiger partial charge in [0.25, 0.3) is 0 Å². The van der Waals surface area contributed by atoms with Gasteiger partial charge in [0.05, 0.1) is 5.56 Å². The van der Waals surface area contributed by atoms with Crippen molar-refractivity contribution in [3.05, 3.63) is 119 Å². The summed E-state index contributed by atoms with van der Waals surface area (Å²) >= 11 is 0. The van der Waals surface area contributed by atoms with Gasteiger partial charge in [-0.15, -0.1) is 6.58 Å². The third kappa shape index (κ3) is 5.40. The molecule has 0 aliphatic heterocycles. The third-order valence-electron chi connectivity index (χ3n) is 5.95. The first-order valence-electron chi connectivity index (χ1n) is 11.4. The molecule has 0 bridgehead atoms. The fourth-order valence-electron chi connectivity index (χ4n) is 3.84. The minimum Gasteiger partial charge on any atom is -0.207 e. The van der Waals surface area contributed by atoms with Crippen molar-refractivity contribution in [3.63, 3.8) is 0 Å². The van der Waals surface area contributed by atoms with Gasteiger partial charge in [0.15, 0.2) is 11.6 Å². The molecule has 0 atom stereocenters. The fourth-order valence-corrected chi connectivity index (χ4v) is 3.84. The van der Waals surface area contributed by atoms with Gasteiger partial charge < -0.3 is 0 Å². The van der Waals surface area contributed by atoms with Crippen LogP contribution in [0.15, 0.2) is 79.4 Å². The molecule has 0 saturated heterocycles. The number of hydrogen-bond acceptors (Lipinski definition) is 0. The molecule has 3 aromatic carbocycles. The van der Waals surface area contributed by atoms with E-state index in [2.05, 4.69) is 6.58 Å². The van der Waals surface area contributed by atoms with Crippen LogP contribution < -0.4 is 0 Å². The van der Waals surface area contributed by atoms with Crippen LogP contribution >= 0.6 is 0 Å². The van der Waals surface area contributed by atoms with E-state index in [0.29, 0.717) is 24.6 Å². The summed E-state index contributed by atoms with van der Waals surface area (Å²) in [7, 11) is 0. The minimum absolute atomic E-state index is 0.0483. The highest BCUT2D eigenvalue weighted by molar-refractivity contribution is 5.65. The quantitative estimate of drug-likeness (QED) is 0.190. The number of aryl methyl sites for hydroxylation is 2. The first kappa shape index (κ1) is 27.2. The SMILES string of the molecule is C=CCCc1ccc(C(F)(F)C(F)(F)c2ccc(-c3ccc(CC/C=C/C)cc3)c(F)c2F)cc1F. The minimum atomic E-state index is -5.15. The predicted octanol–water partition coefficient (Wildman–Crippen LogP) is 9.28. The predicted molar refractivity (Wildman–Crippen MR) is 128 cm³/mol. The zero-order valence-corrected chi connectivity index (χ0v) is 19.6. The first-order valence-corrected chi connectivity index (χ1v) is 11.4. The highest BCUT2D eigenvalue weighted by Gasteiger charge is 2.60. The van der Waals surface area contributed by atoms with Crippen LogP contribution in [0.1, 0.15) is 42.0 Å². The molecule has 3 rings (SSSR count). The molecule has 3 aromatic rings. The van der Waals surface area contributed by atoms with Crippen molar-refractivity contribution in [3.8, 4) is 11.1 Å². The largest absolute Gasteiger partial charge is 0.342 e. The molecule has 36 heavy (non-hydrogen) atoms. The Morgan fingerprint density at radius 1 is 0.778 bits per heavy atom. The average molecular weight is 507 g/mol. The van der Waals surface area contributed by atoms with Crippen molar-refractivity contribution >= 4 is 0 Å². The lowest BCUT2D eigenvalue weighted by Crippen LogP contribution is -2.36. The molecule has 7 heteroatoms. The molecule has 0 unspecified atom stereocenters. The van der Waals surface area contributed by atoms with Gasteiger partial charge in [0, 0.05) is 11.1 Å². The Morgan fingerprint density at radius 2 is 1.47 bits per heavy atom. The van der Waals surface area contributed by atoms with Crippen LogP contribution in [0.4, 0.5) is 30.7 Å². The number of rotatable bonds is 10. The summed E-state index contributed by atoms with van der Waals surface area (Å²) in [5.74, 6) is -15.0. The van der Waals surface area contributed by atoms with Gasteiger partial charge in [-0.05, 0) is 61.4 Å². The molecular formula is C29H25F7. The first-order chi connectivity index (χ1) is 17.0. The van der Waals surface area contributed by atoms with E-state index in [0.717, 1.165) is 30.5 Å². The van der Waals surface area contributed by atoms with E-state index >= 15 is 0 Å². The summed E-state index contributed by atoms with van der Waals surface area (Å²) in [5, 5.41) is 0. The molecule has 0 saturated carbocycles. The van der Waals surface area contributed by atoms with Crippen molar-refractivity contribution < 1.29 is 30.7 Å². The Bertz CT molecular complexity index is 1240. The van der Waals surface area contributed by atoms with Crippen molar-refractivity contribution in [1.82, 2.24) is 0 Å². The van der Waals surface area contributed by atoms with Crippen LogP contribution in [0.2, 0.25) is 0 Å². The van der Waals surface area contributed by atoms with Gasteiger partial charge >= 0.3 is 11.8 Å². The van der Waals surface area contributed by atoms with Gasteiger partial charge in [-0.25, -0.2) is 13.2 Å². The molecule has 0 aromatic heterocycles. The van der Waals surface area contributed by atoms with Crippen LogP contribution in [0.5, 0.6) is 0 Å². The highest BCUT2D eigenvalue weighted by Crippen LogP contribution is 2.51. The number of allylic oxidation sites excluding steroid dienone is 3. The Hall–Kier alpha value is -3.35. The molecule has 0 fully saturated rings. The highest BCUT2D eigenvalue weighted by atomic mass is 19.3. The van der Waals surface area contributed by atoms with Gasteiger partial charge in [0.1, 0.15) is 5.82 Å². The lowest BCUT2D eigenvalue weighted by atomic mass is 9.92. The normalized spacial score (nSPS) is 12.3. The topological polar surface area (TPSA) is 0 Å². The Labute approximate surface area is 205 Å². The summed E-state index contributed by atoms with van der Waals surface area (Å²) in [4.78, 5) is 0. The van der Waals surface area contributed by atoms with Crippen LogP contribution in [-0.2, 0) is 24.7 Å². The average Bonchev–Trinajstić information content (AvgIpc) is 2.85. The molecular weight excluding hydrogens is 481 g/mol. The standard InChI is InChI=1S/C29H25F7/c1-3-5-7-8-19-10-12-20(13-11-19)23-16-17-24(27(32)26(23)31)29(35,36)28(33,34)22-15-14-21(9-6-4-2)25(30)18-22/h3-5,10-18H,2,6-9H2,1H3/b5-3+. The van der Waals surface area contributed by atoms with Crippen molar-refractivity contribution in [2.75, 3.05) is 0 Å². The van der Waals surface area contributed by atoms with E-state index in [1.165, 1.54) is 18.2 Å². The number of alkyl halides is 4. The molecule has 0 N–H and O–H groups in total. The van der Waals surface area contributed by atoms with Crippen LogP contribution in [0.3, 0.4) is 0 Å². The fraction of sp³-hybridized carbons (Fsp3) is 0.241. The Kier molecular flexibility index (Phi) is 8.43. The summed E-state index contributed by atoms with van der Waals surface area (Å²) in [5.41, 5.74) is -2.30.